The van der Waals surface area contributed by atoms with Gasteiger partial charge in [0.25, 0.3) is 6.02 Å². The van der Waals surface area contributed by atoms with Gasteiger partial charge in [0.15, 0.2) is 0 Å². The van der Waals surface area contributed by atoms with Crippen LogP contribution in [0, 0.1) is 5.82 Å². The second-order valence-electron chi connectivity index (χ2n) is 4.25. The van der Waals surface area contributed by atoms with Crippen molar-refractivity contribution in [2.24, 2.45) is 4.99 Å². The first-order valence-corrected chi connectivity index (χ1v) is 6.00. The summed E-state index contributed by atoms with van der Waals surface area (Å²) in [6.07, 6.45) is 0. The van der Waals surface area contributed by atoms with Crippen molar-refractivity contribution >= 4 is 12.0 Å². The highest BCUT2D eigenvalue weighted by molar-refractivity contribution is 5.94. The van der Waals surface area contributed by atoms with Crippen LogP contribution in [0.3, 0.4) is 0 Å². The van der Waals surface area contributed by atoms with E-state index in [0.29, 0.717) is 16.8 Å². The largest absolute Gasteiger partial charge is 0.468 e. The number of allylic oxidation sites excluding steroid dienone is 1. The van der Waals surface area contributed by atoms with Crippen molar-refractivity contribution in [1.29, 1.82) is 0 Å². The first-order valence-electron chi connectivity index (χ1n) is 6.00. The molecule has 0 fully saturated rings. The molecule has 1 atom stereocenters. The summed E-state index contributed by atoms with van der Waals surface area (Å²) in [5.41, 5.74) is 1.46. The van der Waals surface area contributed by atoms with Crippen LogP contribution in [0.4, 0.5) is 4.39 Å². The molecule has 0 aromatic heterocycles. The van der Waals surface area contributed by atoms with Crippen molar-refractivity contribution in [1.82, 2.24) is 5.32 Å². The Bertz CT molecular complexity index is 596. The SMILES string of the molecule is COC(=O)C1=C(C)NC(OC)=NC1c1cccc(F)c1. The van der Waals surface area contributed by atoms with Crippen molar-refractivity contribution in [2.45, 2.75) is 13.0 Å². The maximum Gasteiger partial charge on any atom is 0.338 e. The number of amidine groups is 1. The van der Waals surface area contributed by atoms with Gasteiger partial charge in [-0.3, -0.25) is 0 Å². The highest BCUT2D eigenvalue weighted by Gasteiger charge is 2.30. The van der Waals surface area contributed by atoms with E-state index in [1.807, 2.05) is 0 Å². The Morgan fingerprint density at radius 3 is 2.75 bits per heavy atom. The average molecular weight is 278 g/mol. The lowest BCUT2D eigenvalue weighted by molar-refractivity contribution is -0.136. The maximum absolute atomic E-state index is 13.4. The molecule has 1 aromatic carbocycles. The number of benzene rings is 1. The van der Waals surface area contributed by atoms with Gasteiger partial charge in [0.2, 0.25) is 0 Å². The lowest BCUT2D eigenvalue weighted by Crippen LogP contribution is -2.32. The number of nitrogens with one attached hydrogen (secondary N) is 1. The van der Waals surface area contributed by atoms with E-state index in [4.69, 9.17) is 9.47 Å². The molecule has 5 nitrogen and oxygen atoms in total. The molecule has 1 aliphatic heterocycles. The molecule has 6 heteroatoms. The van der Waals surface area contributed by atoms with Gasteiger partial charge in [0.05, 0.1) is 19.8 Å². The van der Waals surface area contributed by atoms with Crippen LogP contribution < -0.4 is 5.32 Å². The van der Waals surface area contributed by atoms with Crippen molar-refractivity contribution in [2.75, 3.05) is 14.2 Å². The van der Waals surface area contributed by atoms with Crippen LogP contribution in [0.1, 0.15) is 18.5 Å². The molecule has 1 unspecified atom stereocenters. The Labute approximate surface area is 116 Å². The Morgan fingerprint density at radius 1 is 1.40 bits per heavy atom. The third-order valence-corrected chi connectivity index (χ3v) is 2.98. The van der Waals surface area contributed by atoms with Gasteiger partial charge >= 0.3 is 5.97 Å². The summed E-state index contributed by atoms with van der Waals surface area (Å²) in [7, 11) is 2.76. The van der Waals surface area contributed by atoms with Gasteiger partial charge in [-0.2, -0.15) is 0 Å². The normalized spacial score (nSPS) is 18.2. The molecule has 106 valence electrons. The highest BCUT2D eigenvalue weighted by atomic mass is 19.1. The van der Waals surface area contributed by atoms with Crippen LogP contribution in [-0.4, -0.2) is 26.2 Å². The number of carbonyl (C=O) groups is 1. The standard InChI is InChI=1S/C14H15FN2O3/c1-8-11(13(18)19-2)12(17-14(16-8)20-3)9-5-4-6-10(15)7-9/h4-7,12H,1-3H3,(H,16,17). The fourth-order valence-electron chi connectivity index (χ4n) is 2.04. The first-order chi connectivity index (χ1) is 9.56. The number of aliphatic imine (C=N–C) groups is 1. The molecular weight excluding hydrogens is 263 g/mol. The minimum Gasteiger partial charge on any atom is -0.468 e. The van der Waals surface area contributed by atoms with Crippen molar-refractivity contribution in [3.8, 4) is 0 Å². The van der Waals surface area contributed by atoms with E-state index in [1.165, 1.54) is 26.4 Å². The molecule has 2 rings (SSSR count). The van der Waals surface area contributed by atoms with Gasteiger partial charge in [-0.25, -0.2) is 14.2 Å². The second kappa shape index (κ2) is 5.73. The topological polar surface area (TPSA) is 59.9 Å². The van der Waals surface area contributed by atoms with Crippen LogP contribution in [0.5, 0.6) is 0 Å². The van der Waals surface area contributed by atoms with E-state index in [9.17, 15) is 9.18 Å². The Morgan fingerprint density at radius 2 is 2.15 bits per heavy atom. The maximum atomic E-state index is 13.4. The predicted octanol–water partition coefficient (Wildman–Crippen LogP) is 1.92. The van der Waals surface area contributed by atoms with Gasteiger partial charge < -0.3 is 14.8 Å². The lowest BCUT2D eigenvalue weighted by Gasteiger charge is -2.24. The van der Waals surface area contributed by atoms with E-state index in [-0.39, 0.29) is 6.02 Å². The molecule has 0 saturated carbocycles. The summed E-state index contributed by atoms with van der Waals surface area (Å²) in [5.74, 6) is -0.903. The fraction of sp³-hybridized carbons (Fsp3) is 0.286. The molecular formula is C14H15FN2O3. The predicted molar refractivity (Wildman–Crippen MR) is 71.4 cm³/mol. The molecule has 20 heavy (non-hydrogen) atoms. The number of methoxy groups -OCH3 is 2. The minimum absolute atomic E-state index is 0.268. The highest BCUT2D eigenvalue weighted by Crippen LogP contribution is 2.31. The van der Waals surface area contributed by atoms with Gasteiger partial charge in [-0.1, -0.05) is 12.1 Å². The van der Waals surface area contributed by atoms with Gasteiger partial charge in [0, 0.05) is 5.70 Å². The molecule has 0 amide bonds. The number of rotatable bonds is 2. The number of hydrogen-bond acceptors (Lipinski definition) is 5. The number of nitrogens with zero attached hydrogens (tertiary/aromatic N) is 1. The molecule has 0 aliphatic carbocycles. The quantitative estimate of drug-likeness (QED) is 0.840. The van der Waals surface area contributed by atoms with E-state index in [0.717, 1.165) is 0 Å². The third kappa shape index (κ3) is 2.64. The molecule has 0 bridgehead atoms. The zero-order chi connectivity index (χ0) is 14.7. The number of carbonyl (C=O) groups excluding carboxylic acids is 1. The van der Waals surface area contributed by atoms with Gasteiger partial charge in [0.1, 0.15) is 11.9 Å². The Hall–Kier alpha value is -2.37. The number of hydrogen-bond donors (Lipinski definition) is 1. The van der Waals surface area contributed by atoms with Gasteiger partial charge in [-0.05, 0) is 24.6 Å². The fourth-order valence-corrected chi connectivity index (χ4v) is 2.04. The number of ether oxygens (including phenoxy) is 2. The number of esters is 1. The van der Waals surface area contributed by atoms with E-state index in [2.05, 4.69) is 10.3 Å². The van der Waals surface area contributed by atoms with Crippen LogP contribution in [0.25, 0.3) is 0 Å². The Balaban J connectivity index is 2.51. The van der Waals surface area contributed by atoms with Crippen molar-refractivity contribution < 1.29 is 18.7 Å². The van der Waals surface area contributed by atoms with E-state index >= 15 is 0 Å². The summed E-state index contributed by atoms with van der Waals surface area (Å²) < 4.78 is 23.2. The average Bonchev–Trinajstić information content (AvgIpc) is 2.45. The smallest absolute Gasteiger partial charge is 0.338 e. The second-order valence-corrected chi connectivity index (χ2v) is 4.25. The zero-order valence-electron chi connectivity index (χ0n) is 11.4. The zero-order valence-corrected chi connectivity index (χ0v) is 11.4. The summed E-state index contributed by atoms with van der Waals surface area (Å²) in [4.78, 5) is 16.2. The van der Waals surface area contributed by atoms with Gasteiger partial charge in [-0.15, -0.1) is 0 Å². The number of halogens is 1. The van der Waals surface area contributed by atoms with E-state index < -0.39 is 17.8 Å². The van der Waals surface area contributed by atoms with Crippen LogP contribution in [0.2, 0.25) is 0 Å². The minimum atomic E-state index is -0.658. The van der Waals surface area contributed by atoms with Crippen LogP contribution in [-0.2, 0) is 14.3 Å². The summed E-state index contributed by atoms with van der Waals surface area (Å²) >= 11 is 0. The van der Waals surface area contributed by atoms with Crippen LogP contribution >= 0.6 is 0 Å². The molecule has 0 radical (unpaired) electrons. The Kier molecular flexibility index (Phi) is 4.02. The summed E-state index contributed by atoms with van der Waals surface area (Å²) in [6.45, 7) is 1.71. The first kappa shape index (κ1) is 14.0. The van der Waals surface area contributed by atoms with Crippen molar-refractivity contribution in [3.63, 3.8) is 0 Å². The molecule has 0 spiro atoms. The van der Waals surface area contributed by atoms with E-state index in [1.54, 1.807) is 19.1 Å². The summed E-state index contributed by atoms with van der Waals surface area (Å²) in [6, 6.07) is 5.55. The molecule has 1 N–H and O–H groups in total. The monoisotopic (exact) mass is 278 g/mol. The van der Waals surface area contributed by atoms with Crippen LogP contribution in [0.15, 0.2) is 40.5 Å². The lowest BCUT2D eigenvalue weighted by atomic mass is 9.96. The molecule has 1 aliphatic rings. The third-order valence-electron chi connectivity index (χ3n) is 2.98. The molecule has 1 aromatic rings. The molecule has 1 heterocycles. The van der Waals surface area contributed by atoms with Crippen molar-refractivity contribution in [3.05, 3.63) is 46.9 Å². The summed E-state index contributed by atoms with van der Waals surface area (Å²) in [5, 5.41) is 2.86. The molecule has 0 saturated heterocycles.